The Kier molecular flexibility index (Phi) is 9.90. The van der Waals surface area contributed by atoms with Crippen LogP contribution in [0, 0.1) is 5.82 Å². The smallest absolute Gasteiger partial charge is 0.415 e. The molecule has 4 fully saturated rings. The summed E-state index contributed by atoms with van der Waals surface area (Å²) in [6, 6.07) is 5.46. The molecule has 10 rings (SSSR count). The molecule has 2 aromatic heterocycles. The normalized spacial score (nSPS) is 27.6. The van der Waals surface area contributed by atoms with E-state index in [4.69, 9.17) is 19.2 Å². The Balaban J connectivity index is 1.18. The number of pyridine rings is 1. The maximum absolute atomic E-state index is 17.5. The molecular formula is C41H43F6N7O5. The third-order valence-electron chi connectivity index (χ3n) is 12.5. The number of benzene rings is 2. The first-order valence-electron chi connectivity index (χ1n) is 20.0. The van der Waals surface area contributed by atoms with Gasteiger partial charge >= 0.3 is 24.4 Å². The van der Waals surface area contributed by atoms with Gasteiger partial charge in [-0.15, -0.1) is 0 Å². The minimum Gasteiger partial charge on any atom is -0.461 e. The predicted molar refractivity (Wildman–Crippen MR) is 204 cm³/mol. The third-order valence-corrected chi connectivity index (χ3v) is 12.5. The van der Waals surface area contributed by atoms with Crippen LogP contribution in [0.3, 0.4) is 0 Å². The van der Waals surface area contributed by atoms with Crippen molar-refractivity contribution in [3.63, 3.8) is 0 Å². The first kappa shape index (κ1) is 39.3. The number of nitrogens with zero attached hydrogens (tertiary/aromatic N) is 6. The maximum atomic E-state index is 17.5. The van der Waals surface area contributed by atoms with Gasteiger partial charge in [-0.05, 0) is 80.5 Å². The van der Waals surface area contributed by atoms with Crippen LogP contribution in [-0.4, -0.2) is 119 Å². The number of nitrogens with one attached hydrogen (secondary N) is 1. The Labute approximate surface area is 335 Å². The lowest BCUT2D eigenvalue weighted by molar-refractivity contribution is -0.171. The number of halogens is 6. The van der Waals surface area contributed by atoms with Gasteiger partial charge in [0, 0.05) is 44.2 Å². The molecule has 5 atom stereocenters. The van der Waals surface area contributed by atoms with E-state index in [2.05, 4.69) is 20.2 Å². The molecule has 6 bridgehead atoms. The number of anilines is 1. The molecule has 0 aliphatic carbocycles. The number of aromatic nitrogens is 3. The van der Waals surface area contributed by atoms with Crippen molar-refractivity contribution < 1.29 is 50.1 Å². The lowest BCUT2D eigenvalue weighted by atomic mass is 9.91. The summed E-state index contributed by atoms with van der Waals surface area (Å²) in [5.74, 6) is -0.764. The van der Waals surface area contributed by atoms with E-state index in [0.717, 1.165) is 19.4 Å². The predicted octanol–water partition coefficient (Wildman–Crippen LogP) is 7.44. The number of alkyl carbamates (subject to hydrolysis) is 1. The fraction of sp³-hybridized carbons (Fsp3) is 0.537. The molecule has 314 valence electrons. The molecule has 0 radical (unpaired) electrons. The number of ether oxygens (including phenoxy) is 3. The second-order valence-corrected chi connectivity index (χ2v) is 16.7. The lowest BCUT2D eigenvalue weighted by Crippen LogP contribution is -2.57. The number of aryl methyl sites for hydroxylation is 1. The van der Waals surface area contributed by atoms with Crippen LogP contribution in [0.5, 0.6) is 11.8 Å². The van der Waals surface area contributed by atoms with E-state index >= 15 is 4.39 Å². The van der Waals surface area contributed by atoms with Gasteiger partial charge in [0.05, 0.1) is 29.6 Å². The van der Waals surface area contributed by atoms with Gasteiger partial charge in [0.25, 0.3) is 0 Å². The molecule has 59 heavy (non-hydrogen) atoms. The topological polar surface area (TPSA) is 122 Å². The number of carbonyl (C=O) groups excluding carboxylic acids is 2. The number of carbonyl (C=O) groups is 2. The minimum absolute atomic E-state index is 0.0627. The van der Waals surface area contributed by atoms with Gasteiger partial charge < -0.3 is 24.4 Å². The van der Waals surface area contributed by atoms with Crippen LogP contribution < -0.4 is 19.7 Å². The summed E-state index contributed by atoms with van der Waals surface area (Å²) in [5, 5.41) is 4.22. The first-order chi connectivity index (χ1) is 28.2. The summed E-state index contributed by atoms with van der Waals surface area (Å²) in [5.41, 5.74) is -0.776. The van der Waals surface area contributed by atoms with E-state index in [1.807, 2.05) is 17.9 Å². The van der Waals surface area contributed by atoms with Crippen LogP contribution in [0.2, 0.25) is 0 Å². The summed E-state index contributed by atoms with van der Waals surface area (Å²) in [7, 11) is 0. The van der Waals surface area contributed by atoms with Crippen molar-refractivity contribution in [3.05, 3.63) is 47.9 Å². The number of alkyl halides is 5. The Hall–Kier alpha value is -5.13. The molecule has 0 spiro atoms. The first-order valence-corrected chi connectivity index (χ1v) is 20.0. The van der Waals surface area contributed by atoms with Crippen molar-refractivity contribution >= 4 is 39.7 Å². The van der Waals surface area contributed by atoms with Gasteiger partial charge in [-0.3, -0.25) is 14.8 Å². The average molecular weight is 828 g/mol. The zero-order chi connectivity index (χ0) is 41.3. The molecular weight excluding hydrogens is 784 g/mol. The molecule has 6 aliphatic heterocycles. The zero-order valence-corrected chi connectivity index (χ0v) is 32.3. The molecule has 2 amide bonds. The molecule has 4 aromatic rings. The van der Waals surface area contributed by atoms with Crippen molar-refractivity contribution in [3.8, 4) is 23.0 Å². The summed E-state index contributed by atoms with van der Waals surface area (Å²) in [6.07, 6.45) is -5.33. The SMILES string of the molecule is C[C@@]12CCCN(C1)c1nc(OC[C@@]34CCCN3C[C@H](F)C4)nc3c(F)c(ncc13)-c1cc(OC(=O)N3C[C@H](F)C[C@H]3C(F)(F)F)cc3cccc(c13)CCCOC(=O)N2. The number of likely N-dealkylation sites (tertiary alicyclic amines) is 1. The third kappa shape index (κ3) is 7.41. The highest BCUT2D eigenvalue weighted by Crippen LogP contribution is 2.43. The highest BCUT2D eigenvalue weighted by molar-refractivity contribution is 6.02. The summed E-state index contributed by atoms with van der Waals surface area (Å²) < 4.78 is 105. The van der Waals surface area contributed by atoms with Crippen LogP contribution in [-0.2, 0) is 11.2 Å². The van der Waals surface area contributed by atoms with Crippen molar-refractivity contribution in [2.45, 2.75) is 93.9 Å². The second kappa shape index (κ2) is 14.9. The number of amides is 2. The Bertz CT molecular complexity index is 2320. The van der Waals surface area contributed by atoms with Crippen LogP contribution in [0.15, 0.2) is 36.5 Å². The Morgan fingerprint density at radius 3 is 2.73 bits per heavy atom. The minimum atomic E-state index is -4.88. The van der Waals surface area contributed by atoms with Gasteiger partial charge in [0.2, 0.25) is 0 Å². The summed E-state index contributed by atoms with van der Waals surface area (Å²) >= 11 is 0. The number of rotatable bonds is 4. The molecule has 12 nitrogen and oxygen atoms in total. The maximum Gasteiger partial charge on any atom is 0.415 e. The van der Waals surface area contributed by atoms with E-state index in [0.29, 0.717) is 72.2 Å². The molecule has 2 aromatic carbocycles. The zero-order valence-electron chi connectivity index (χ0n) is 32.3. The van der Waals surface area contributed by atoms with E-state index in [1.165, 1.54) is 18.3 Å². The van der Waals surface area contributed by atoms with E-state index in [9.17, 15) is 31.5 Å². The molecule has 4 saturated heterocycles. The van der Waals surface area contributed by atoms with Crippen molar-refractivity contribution in [1.82, 2.24) is 30.1 Å². The summed E-state index contributed by atoms with van der Waals surface area (Å²) in [4.78, 5) is 44.7. The van der Waals surface area contributed by atoms with Crippen LogP contribution in [0.1, 0.15) is 57.4 Å². The Morgan fingerprint density at radius 2 is 1.90 bits per heavy atom. The average Bonchev–Trinajstić information content (AvgIpc) is 3.86. The molecule has 6 aliphatic rings. The van der Waals surface area contributed by atoms with E-state index in [1.54, 1.807) is 12.1 Å². The quantitative estimate of drug-likeness (QED) is 0.208. The summed E-state index contributed by atoms with van der Waals surface area (Å²) in [6.45, 7) is 3.07. The largest absolute Gasteiger partial charge is 0.461 e. The van der Waals surface area contributed by atoms with Crippen LogP contribution in [0.25, 0.3) is 32.9 Å². The molecule has 18 heteroatoms. The van der Waals surface area contributed by atoms with E-state index in [-0.39, 0.29) is 53.7 Å². The highest BCUT2D eigenvalue weighted by Gasteiger charge is 2.52. The molecule has 0 unspecified atom stereocenters. The van der Waals surface area contributed by atoms with Gasteiger partial charge in [-0.1, -0.05) is 18.2 Å². The Morgan fingerprint density at radius 1 is 1.07 bits per heavy atom. The number of hydrogen-bond acceptors (Lipinski definition) is 10. The van der Waals surface area contributed by atoms with Gasteiger partial charge in [-0.25, -0.2) is 22.8 Å². The fourth-order valence-electron chi connectivity index (χ4n) is 9.78. The van der Waals surface area contributed by atoms with Crippen LogP contribution >= 0.6 is 0 Å². The van der Waals surface area contributed by atoms with Crippen molar-refractivity contribution in [2.75, 3.05) is 50.8 Å². The van der Waals surface area contributed by atoms with Crippen molar-refractivity contribution in [1.29, 1.82) is 0 Å². The second-order valence-electron chi connectivity index (χ2n) is 16.7. The monoisotopic (exact) mass is 827 g/mol. The number of fused-ring (bicyclic) bond motifs is 7. The van der Waals surface area contributed by atoms with Gasteiger partial charge in [0.15, 0.2) is 5.82 Å². The highest BCUT2D eigenvalue weighted by atomic mass is 19.4. The van der Waals surface area contributed by atoms with Gasteiger partial charge in [-0.2, -0.15) is 23.1 Å². The molecule has 0 saturated carbocycles. The number of hydrogen-bond donors (Lipinski definition) is 1. The fourth-order valence-corrected chi connectivity index (χ4v) is 9.78. The van der Waals surface area contributed by atoms with Crippen molar-refractivity contribution in [2.24, 2.45) is 0 Å². The molecule has 1 N–H and O–H groups in total. The van der Waals surface area contributed by atoms with Crippen LogP contribution in [0.4, 0.5) is 41.7 Å². The van der Waals surface area contributed by atoms with Gasteiger partial charge in [0.1, 0.15) is 47.8 Å². The lowest BCUT2D eigenvalue weighted by Gasteiger charge is -2.41. The number of piperidine rings is 1. The molecule has 8 heterocycles. The standard InChI is InChI=1S/C41H43F6N7O5/c1-39-9-4-11-52(21-39)35-29-18-48-33(32(44)34(29)49-36(50-35)58-22-40-10-5-12-53(40)19-26(43)17-40)28-16-27(59-38(56)54-20-25(42)15-30(54)41(45,46)47)14-24-7-2-6-23(31(24)28)8-3-13-57-37(55)51-39/h2,6-7,14,16,18,25-26,30H,3-5,8-13,15,17,19-22H2,1H3,(H,51,55)/t25-,26-,30+,39-,40+/m1/s1. The van der Waals surface area contributed by atoms with E-state index < -0.39 is 66.6 Å².